The Hall–Kier alpha value is -1.06. The first-order chi connectivity index (χ1) is 6.66. The Morgan fingerprint density at radius 3 is 3.07 bits per heavy atom. The van der Waals surface area contributed by atoms with E-state index in [4.69, 9.17) is 21.9 Å². The molecule has 0 aliphatic rings. The molecule has 1 unspecified atom stereocenters. The molecule has 3 nitrogen and oxygen atoms in total. The highest BCUT2D eigenvalue weighted by molar-refractivity contribution is 6.31. The van der Waals surface area contributed by atoms with Gasteiger partial charge in [0.1, 0.15) is 0 Å². The van der Waals surface area contributed by atoms with E-state index in [1.807, 2.05) is 19.1 Å². The molecule has 0 bridgehead atoms. The maximum atomic E-state index is 5.88. The Bertz CT molecular complexity index is 450. The number of hydrogen-bond donors (Lipinski definition) is 1. The molecular weight excluding hydrogens is 200 g/mol. The summed E-state index contributed by atoms with van der Waals surface area (Å²) in [6.07, 6.45) is 0.702. The molecule has 2 aromatic rings. The zero-order chi connectivity index (χ0) is 10.1. The number of nitrogens with zero attached hydrogens (tertiary/aromatic N) is 1. The van der Waals surface area contributed by atoms with E-state index in [2.05, 4.69) is 5.16 Å². The van der Waals surface area contributed by atoms with Crippen molar-refractivity contribution in [3.8, 4) is 0 Å². The monoisotopic (exact) mass is 210 g/mol. The number of hydrogen-bond acceptors (Lipinski definition) is 3. The average molecular weight is 211 g/mol. The van der Waals surface area contributed by atoms with E-state index in [1.54, 1.807) is 6.07 Å². The van der Waals surface area contributed by atoms with Gasteiger partial charge in [-0.2, -0.15) is 0 Å². The van der Waals surface area contributed by atoms with Crippen LogP contribution in [0, 0.1) is 0 Å². The van der Waals surface area contributed by atoms with Crippen LogP contribution in [0.2, 0.25) is 5.02 Å². The summed E-state index contributed by atoms with van der Waals surface area (Å²) >= 11 is 5.88. The van der Waals surface area contributed by atoms with Crippen LogP contribution in [0.15, 0.2) is 22.7 Å². The average Bonchev–Trinajstić information content (AvgIpc) is 2.47. The molecule has 4 heteroatoms. The smallest absolute Gasteiger partial charge is 0.167 e. The van der Waals surface area contributed by atoms with Crippen molar-refractivity contribution in [2.45, 2.75) is 19.4 Å². The molecule has 1 aromatic heterocycles. The fourth-order valence-corrected chi connectivity index (χ4v) is 1.59. The number of benzene rings is 1. The Morgan fingerprint density at radius 2 is 2.36 bits per heavy atom. The lowest BCUT2D eigenvalue weighted by molar-refractivity contribution is 0.443. The molecule has 1 heterocycles. The van der Waals surface area contributed by atoms with Gasteiger partial charge in [0.25, 0.3) is 0 Å². The Labute approximate surface area is 86.8 Å². The van der Waals surface area contributed by atoms with Gasteiger partial charge in [-0.25, -0.2) is 0 Å². The lowest BCUT2D eigenvalue weighted by Crippen LogP contribution is -2.17. The summed E-state index contributed by atoms with van der Waals surface area (Å²) < 4.78 is 5.14. The van der Waals surface area contributed by atoms with Crippen molar-refractivity contribution in [1.82, 2.24) is 5.16 Å². The Kier molecular flexibility index (Phi) is 2.44. The summed E-state index contributed by atoms with van der Waals surface area (Å²) in [5.41, 5.74) is 7.33. The van der Waals surface area contributed by atoms with Crippen LogP contribution in [-0.4, -0.2) is 11.2 Å². The van der Waals surface area contributed by atoms with Gasteiger partial charge in [-0.15, -0.1) is 0 Å². The van der Waals surface area contributed by atoms with Crippen molar-refractivity contribution in [1.29, 1.82) is 0 Å². The van der Waals surface area contributed by atoms with Crippen molar-refractivity contribution in [2.24, 2.45) is 5.73 Å². The van der Waals surface area contributed by atoms with Gasteiger partial charge in [-0.1, -0.05) is 16.8 Å². The third kappa shape index (κ3) is 1.74. The molecule has 14 heavy (non-hydrogen) atoms. The molecule has 0 radical (unpaired) electrons. The van der Waals surface area contributed by atoms with Crippen LogP contribution in [0.5, 0.6) is 0 Å². The van der Waals surface area contributed by atoms with E-state index in [9.17, 15) is 0 Å². The minimum Gasteiger partial charge on any atom is -0.356 e. The molecule has 1 aromatic carbocycles. The van der Waals surface area contributed by atoms with Crippen LogP contribution in [0.25, 0.3) is 11.0 Å². The van der Waals surface area contributed by atoms with E-state index >= 15 is 0 Å². The van der Waals surface area contributed by atoms with Gasteiger partial charge in [-0.05, 0) is 25.1 Å². The molecule has 0 saturated carbocycles. The normalized spacial score (nSPS) is 13.4. The van der Waals surface area contributed by atoms with Gasteiger partial charge in [0.05, 0.1) is 5.69 Å². The molecule has 74 valence electrons. The largest absolute Gasteiger partial charge is 0.356 e. The third-order valence-corrected chi connectivity index (χ3v) is 2.26. The maximum Gasteiger partial charge on any atom is 0.167 e. The van der Waals surface area contributed by atoms with Crippen molar-refractivity contribution in [3.63, 3.8) is 0 Å². The maximum absolute atomic E-state index is 5.88. The second-order valence-corrected chi connectivity index (χ2v) is 3.89. The lowest BCUT2D eigenvalue weighted by atomic mass is 10.1. The lowest BCUT2D eigenvalue weighted by Gasteiger charge is -2.00. The summed E-state index contributed by atoms with van der Waals surface area (Å²) in [7, 11) is 0. The molecule has 1 atom stereocenters. The summed E-state index contributed by atoms with van der Waals surface area (Å²) in [4.78, 5) is 0. The first-order valence-electron chi connectivity index (χ1n) is 4.46. The summed E-state index contributed by atoms with van der Waals surface area (Å²) in [6, 6.07) is 5.52. The van der Waals surface area contributed by atoms with E-state index < -0.39 is 0 Å². The van der Waals surface area contributed by atoms with Gasteiger partial charge in [0, 0.05) is 22.9 Å². The van der Waals surface area contributed by atoms with Crippen LogP contribution in [0.1, 0.15) is 12.6 Å². The first-order valence-corrected chi connectivity index (χ1v) is 4.84. The number of halogens is 1. The Morgan fingerprint density at radius 1 is 1.57 bits per heavy atom. The van der Waals surface area contributed by atoms with E-state index in [1.165, 1.54) is 0 Å². The van der Waals surface area contributed by atoms with Crippen LogP contribution in [0.4, 0.5) is 0 Å². The van der Waals surface area contributed by atoms with Crippen LogP contribution in [0.3, 0.4) is 0 Å². The van der Waals surface area contributed by atoms with E-state index in [0.717, 1.165) is 16.7 Å². The first kappa shape index (κ1) is 9.49. The second kappa shape index (κ2) is 3.59. The van der Waals surface area contributed by atoms with Gasteiger partial charge in [-0.3, -0.25) is 0 Å². The molecule has 0 aliphatic heterocycles. The minimum atomic E-state index is 0.0716. The predicted octanol–water partition coefficient (Wildman–Crippen LogP) is 2.37. The molecular formula is C10H11ClN2O. The van der Waals surface area contributed by atoms with Crippen molar-refractivity contribution < 1.29 is 4.52 Å². The summed E-state index contributed by atoms with van der Waals surface area (Å²) in [5, 5.41) is 5.60. The third-order valence-electron chi connectivity index (χ3n) is 2.02. The molecule has 2 rings (SSSR count). The van der Waals surface area contributed by atoms with E-state index in [-0.39, 0.29) is 6.04 Å². The number of nitrogens with two attached hydrogens (primary N) is 1. The van der Waals surface area contributed by atoms with Gasteiger partial charge in [0.2, 0.25) is 0 Å². The van der Waals surface area contributed by atoms with Crippen LogP contribution in [-0.2, 0) is 6.42 Å². The molecule has 0 saturated heterocycles. The van der Waals surface area contributed by atoms with Crippen molar-refractivity contribution in [2.75, 3.05) is 0 Å². The molecule has 0 fully saturated rings. The van der Waals surface area contributed by atoms with Crippen LogP contribution >= 0.6 is 11.6 Å². The fraction of sp³-hybridized carbons (Fsp3) is 0.300. The fourth-order valence-electron chi connectivity index (χ4n) is 1.41. The quantitative estimate of drug-likeness (QED) is 0.828. The van der Waals surface area contributed by atoms with Gasteiger partial charge in [0.15, 0.2) is 5.58 Å². The van der Waals surface area contributed by atoms with Gasteiger partial charge >= 0.3 is 0 Å². The topological polar surface area (TPSA) is 52.0 Å². The van der Waals surface area contributed by atoms with Crippen molar-refractivity contribution >= 4 is 22.6 Å². The van der Waals surface area contributed by atoms with Crippen LogP contribution < -0.4 is 5.73 Å². The summed E-state index contributed by atoms with van der Waals surface area (Å²) in [6.45, 7) is 1.94. The van der Waals surface area contributed by atoms with E-state index in [0.29, 0.717) is 11.4 Å². The highest BCUT2D eigenvalue weighted by atomic mass is 35.5. The second-order valence-electron chi connectivity index (χ2n) is 3.45. The van der Waals surface area contributed by atoms with Crippen molar-refractivity contribution in [3.05, 3.63) is 28.9 Å². The SMILES string of the molecule is CC(N)Cc1noc2ccc(Cl)cc12. The predicted molar refractivity (Wildman–Crippen MR) is 56.4 cm³/mol. The zero-order valence-corrected chi connectivity index (χ0v) is 8.58. The molecule has 0 amide bonds. The Balaban J connectivity index is 2.50. The number of rotatable bonds is 2. The minimum absolute atomic E-state index is 0.0716. The summed E-state index contributed by atoms with van der Waals surface area (Å²) in [5.74, 6) is 0. The highest BCUT2D eigenvalue weighted by Gasteiger charge is 2.09. The molecule has 0 spiro atoms. The molecule has 2 N–H and O–H groups in total. The number of aromatic nitrogens is 1. The standard InChI is InChI=1S/C10H11ClN2O/c1-6(12)4-9-8-5-7(11)2-3-10(8)14-13-9/h2-3,5-6H,4,12H2,1H3. The number of fused-ring (bicyclic) bond motifs is 1. The molecule has 0 aliphatic carbocycles. The highest BCUT2D eigenvalue weighted by Crippen LogP contribution is 2.23. The van der Waals surface area contributed by atoms with Gasteiger partial charge < -0.3 is 10.3 Å². The zero-order valence-electron chi connectivity index (χ0n) is 7.83.